The molecule has 3 aliphatic carbocycles. The summed E-state index contributed by atoms with van der Waals surface area (Å²) in [5, 5.41) is 0. The van der Waals surface area contributed by atoms with Crippen molar-refractivity contribution in [2.24, 2.45) is 23.7 Å². The second-order valence-corrected chi connectivity index (χ2v) is 8.70. The molecular formula is C26H26O3. The van der Waals surface area contributed by atoms with Gasteiger partial charge in [0, 0.05) is 11.5 Å². The van der Waals surface area contributed by atoms with Crippen LogP contribution in [0.3, 0.4) is 0 Å². The molecule has 0 amide bonds. The van der Waals surface area contributed by atoms with Gasteiger partial charge in [-0.1, -0.05) is 42.0 Å². The maximum Gasteiger partial charge on any atom is 0.338 e. The average molecular weight is 386 g/mol. The molecule has 3 heteroatoms. The Bertz CT molecular complexity index is 997. The highest BCUT2D eigenvalue weighted by atomic mass is 16.5. The fourth-order valence-electron chi connectivity index (χ4n) is 5.91. The number of ether oxygens (including phenoxy) is 1. The minimum atomic E-state index is -0.320. The zero-order valence-electron chi connectivity index (χ0n) is 17.0. The van der Waals surface area contributed by atoms with Crippen molar-refractivity contribution in [2.75, 3.05) is 6.61 Å². The molecule has 0 aromatic heterocycles. The number of ketones is 1. The van der Waals surface area contributed by atoms with Crippen molar-refractivity contribution in [1.82, 2.24) is 0 Å². The molecule has 5 rings (SSSR count). The fraction of sp³-hybridized carbons (Fsp3) is 0.385. The number of fused-ring (bicyclic) bond motifs is 5. The summed E-state index contributed by atoms with van der Waals surface area (Å²) < 4.78 is 5.10. The first-order valence-electron chi connectivity index (χ1n) is 10.7. The predicted molar refractivity (Wildman–Crippen MR) is 113 cm³/mol. The molecule has 4 atom stereocenters. The summed E-state index contributed by atoms with van der Waals surface area (Å²) in [7, 11) is 0. The van der Waals surface area contributed by atoms with Crippen LogP contribution in [0.5, 0.6) is 0 Å². The topological polar surface area (TPSA) is 43.4 Å². The van der Waals surface area contributed by atoms with Crippen LogP contribution in [0.4, 0.5) is 0 Å². The van der Waals surface area contributed by atoms with E-state index in [2.05, 4.69) is 31.2 Å². The van der Waals surface area contributed by atoms with Crippen LogP contribution in [0.25, 0.3) is 11.1 Å². The highest BCUT2D eigenvalue weighted by Crippen LogP contribution is 2.62. The molecule has 0 heterocycles. The number of hydrogen-bond donors (Lipinski definition) is 0. The Morgan fingerprint density at radius 1 is 0.931 bits per heavy atom. The van der Waals surface area contributed by atoms with Gasteiger partial charge in [0.15, 0.2) is 5.78 Å². The maximum absolute atomic E-state index is 13.6. The Kier molecular flexibility index (Phi) is 4.42. The lowest BCUT2D eigenvalue weighted by molar-refractivity contribution is -0.118. The predicted octanol–water partition coefficient (Wildman–Crippen LogP) is 5.33. The van der Waals surface area contributed by atoms with E-state index in [1.807, 2.05) is 12.1 Å². The van der Waals surface area contributed by atoms with Crippen molar-refractivity contribution >= 4 is 22.9 Å². The van der Waals surface area contributed by atoms with E-state index in [0.717, 1.165) is 11.1 Å². The highest BCUT2D eigenvalue weighted by molar-refractivity contribution is 6.33. The van der Waals surface area contributed by atoms with E-state index in [9.17, 15) is 9.59 Å². The SMILES string of the molecule is CCOC(=O)c1ccc(C2=C(c3ccc(C)cc3)C3C(C2=O)[C@H]2CC[C@@H]3C2)cc1. The van der Waals surface area contributed by atoms with Gasteiger partial charge in [-0.05, 0) is 79.7 Å². The van der Waals surface area contributed by atoms with Gasteiger partial charge in [0.25, 0.3) is 0 Å². The van der Waals surface area contributed by atoms with Gasteiger partial charge in [-0.2, -0.15) is 0 Å². The maximum atomic E-state index is 13.6. The normalized spacial score (nSPS) is 27.4. The Morgan fingerprint density at radius 2 is 1.55 bits per heavy atom. The Labute approximate surface area is 171 Å². The Morgan fingerprint density at radius 3 is 2.21 bits per heavy atom. The van der Waals surface area contributed by atoms with E-state index >= 15 is 0 Å². The number of allylic oxidation sites excluding steroid dienone is 2. The van der Waals surface area contributed by atoms with E-state index in [-0.39, 0.29) is 11.9 Å². The first-order chi connectivity index (χ1) is 14.1. The number of hydrogen-bond acceptors (Lipinski definition) is 3. The molecule has 0 radical (unpaired) electrons. The summed E-state index contributed by atoms with van der Waals surface area (Å²) in [6.45, 7) is 4.25. The van der Waals surface area contributed by atoms with Crippen LogP contribution >= 0.6 is 0 Å². The van der Waals surface area contributed by atoms with Gasteiger partial charge in [0.1, 0.15) is 0 Å². The van der Waals surface area contributed by atoms with Gasteiger partial charge >= 0.3 is 5.97 Å². The van der Waals surface area contributed by atoms with E-state index < -0.39 is 0 Å². The Balaban J connectivity index is 1.61. The molecule has 2 fully saturated rings. The van der Waals surface area contributed by atoms with E-state index in [1.54, 1.807) is 19.1 Å². The van der Waals surface area contributed by atoms with Crippen molar-refractivity contribution in [1.29, 1.82) is 0 Å². The number of esters is 1. The van der Waals surface area contributed by atoms with Crippen molar-refractivity contribution in [3.05, 3.63) is 70.8 Å². The van der Waals surface area contributed by atoms with Crippen molar-refractivity contribution in [2.45, 2.75) is 33.1 Å². The summed E-state index contributed by atoms with van der Waals surface area (Å²) in [5.41, 5.74) is 5.95. The monoisotopic (exact) mass is 386 g/mol. The third-order valence-electron chi connectivity index (χ3n) is 7.12. The minimum Gasteiger partial charge on any atom is -0.462 e. The molecule has 2 bridgehead atoms. The molecule has 0 spiro atoms. The first kappa shape index (κ1) is 18.4. The largest absolute Gasteiger partial charge is 0.462 e. The Hall–Kier alpha value is -2.68. The van der Waals surface area contributed by atoms with Gasteiger partial charge in [0.2, 0.25) is 0 Å². The third-order valence-corrected chi connectivity index (χ3v) is 7.12. The van der Waals surface area contributed by atoms with E-state index in [0.29, 0.717) is 35.7 Å². The number of benzene rings is 2. The highest BCUT2D eigenvalue weighted by Gasteiger charge is 2.57. The molecular weight excluding hydrogens is 360 g/mol. The molecule has 0 aliphatic heterocycles. The molecule has 2 aromatic rings. The molecule has 2 aromatic carbocycles. The number of carbonyl (C=O) groups is 2. The van der Waals surface area contributed by atoms with Crippen LogP contribution in [-0.4, -0.2) is 18.4 Å². The van der Waals surface area contributed by atoms with E-state index in [1.165, 1.54) is 36.0 Å². The summed E-state index contributed by atoms with van der Waals surface area (Å²) in [6, 6.07) is 16.0. The number of carbonyl (C=O) groups excluding carboxylic acids is 2. The van der Waals surface area contributed by atoms with Crippen molar-refractivity contribution in [3.63, 3.8) is 0 Å². The van der Waals surface area contributed by atoms with Gasteiger partial charge < -0.3 is 4.74 Å². The standard InChI is InChI=1S/C26H26O3/c1-3-29-26(28)18-10-8-17(9-11-18)23-21(16-6-4-15(2)5-7-16)22-19-12-13-20(14-19)24(22)25(23)27/h4-11,19-20,22,24H,3,12-14H2,1-2H3/t19-,20+,22?,24?/m1/s1. The van der Waals surface area contributed by atoms with Gasteiger partial charge in [-0.15, -0.1) is 0 Å². The number of Topliss-reactive ketones (excluding diaryl/α,β-unsaturated/α-hetero) is 1. The van der Waals surface area contributed by atoms with Crippen LogP contribution in [0, 0.1) is 30.6 Å². The molecule has 0 N–H and O–H groups in total. The molecule has 29 heavy (non-hydrogen) atoms. The lowest BCUT2D eigenvalue weighted by atomic mass is 9.77. The molecule has 3 aliphatic rings. The van der Waals surface area contributed by atoms with E-state index in [4.69, 9.17) is 4.74 Å². The molecule has 0 saturated heterocycles. The summed E-state index contributed by atoms with van der Waals surface area (Å²) in [6.07, 6.45) is 3.63. The zero-order chi connectivity index (χ0) is 20.1. The van der Waals surface area contributed by atoms with Crippen molar-refractivity contribution < 1.29 is 14.3 Å². The summed E-state index contributed by atoms with van der Waals surface area (Å²) in [4.78, 5) is 25.6. The van der Waals surface area contributed by atoms with Crippen molar-refractivity contribution in [3.8, 4) is 0 Å². The average Bonchev–Trinajstić information content (AvgIpc) is 3.42. The summed E-state index contributed by atoms with van der Waals surface area (Å²) in [5.74, 6) is 1.64. The van der Waals surface area contributed by atoms with Crippen LogP contribution in [-0.2, 0) is 9.53 Å². The van der Waals surface area contributed by atoms with Gasteiger partial charge in [0.05, 0.1) is 12.2 Å². The minimum absolute atomic E-state index is 0.143. The zero-order valence-corrected chi connectivity index (χ0v) is 17.0. The third kappa shape index (κ3) is 2.87. The molecule has 3 nitrogen and oxygen atoms in total. The molecule has 2 saturated carbocycles. The summed E-state index contributed by atoms with van der Waals surface area (Å²) >= 11 is 0. The fourth-order valence-corrected chi connectivity index (χ4v) is 5.91. The van der Waals surface area contributed by atoms with Crippen LogP contribution < -0.4 is 0 Å². The quantitative estimate of drug-likeness (QED) is 0.667. The van der Waals surface area contributed by atoms with Gasteiger partial charge in [-0.3, -0.25) is 4.79 Å². The second kappa shape index (κ2) is 6.98. The van der Waals surface area contributed by atoms with Crippen LogP contribution in [0.15, 0.2) is 48.5 Å². The van der Waals surface area contributed by atoms with Crippen LogP contribution in [0.1, 0.15) is 53.2 Å². The van der Waals surface area contributed by atoms with Crippen LogP contribution in [0.2, 0.25) is 0 Å². The second-order valence-electron chi connectivity index (χ2n) is 8.70. The van der Waals surface area contributed by atoms with Gasteiger partial charge in [-0.25, -0.2) is 4.79 Å². The smallest absolute Gasteiger partial charge is 0.338 e. The number of aryl methyl sites for hydroxylation is 1. The molecule has 2 unspecified atom stereocenters. The first-order valence-corrected chi connectivity index (χ1v) is 10.7. The molecule has 148 valence electrons. The lowest BCUT2D eigenvalue weighted by Gasteiger charge is -2.26. The lowest BCUT2D eigenvalue weighted by Crippen LogP contribution is -2.24. The number of rotatable bonds is 4.